The third-order valence-corrected chi connectivity index (χ3v) is 4.94. The fourth-order valence-corrected chi connectivity index (χ4v) is 3.70. The molecule has 0 aliphatic carbocycles. The average molecular weight is 347 g/mol. The minimum absolute atomic E-state index is 0.242. The first kappa shape index (κ1) is 15.6. The van der Waals surface area contributed by atoms with Crippen molar-refractivity contribution in [3.05, 3.63) is 58.9 Å². The van der Waals surface area contributed by atoms with Gasteiger partial charge in [-0.2, -0.15) is 0 Å². The number of rotatable bonds is 2. The van der Waals surface area contributed by atoms with Gasteiger partial charge in [-0.1, -0.05) is 17.7 Å². The zero-order valence-corrected chi connectivity index (χ0v) is 13.7. The van der Waals surface area contributed by atoms with Gasteiger partial charge in [-0.25, -0.2) is 8.78 Å². The van der Waals surface area contributed by atoms with E-state index in [2.05, 4.69) is 10.3 Å². The van der Waals surface area contributed by atoms with Crippen LogP contribution in [0.5, 0.6) is 0 Å². The molecule has 0 spiro atoms. The van der Waals surface area contributed by atoms with E-state index >= 15 is 0 Å². The maximum atomic E-state index is 14.6. The van der Waals surface area contributed by atoms with Crippen LogP contribution >= 0.6 is 11.6 Å². The fraction of sp³-hybridized carbons (Fsp3) is 0.263. The Bertz CT molecular complexity index is 873. The summed E-state index contributed by atoms with van der Waals surface area (Å²) in [5.74, 6) is -0.532. The number of alkyl halides is 1. The van der Waals surface area contributed by atoms with E-state index in [4.69, 9.17) is 11.6 Å². The summed E-state index contributed by atoms with van der Waals surface area (Å²) >= 11 is 6.11. The summed E-state index contributed by atoms with van der Waals surface area (Å²) in [6.07, 6.45) is -0.409. The van der Waals surface area contributed by atoms with Crippen molar-refractivity contribution in [2.24, 2.45) is 0 Å². The largest absolute Gasteiger partial charge is 0.354 e. The van der Waals surface area contributed by atoms with Gasteiger partial charge in [-0.05, 0) is 60.5 Å². The second-order valence-corrected chi connectivity index (χ2v) is 6.66. The second kappa shape index (κ2) is 6.19. The summed E-state index contributed by atoms with van der Waals surface area (Å²) in [5, 5.41) is 4.87. The smallest absolute Gasteiger partial charge is 0.123 e. The van der Waals surface area contributed by atoms with Crippen LogP contribution in [-0.2, 0) is 0 Å². The van der Waals surface area contributed by atoms with Gasteiger partial charge in [0.1, 0.15) is 12.0 Å². The van der Waals surface area contributed by atoms with Gasteiger partial charge in [0.05, 0.1) is 5.69 Å². The van der Waals surface area contributed by atoms with Gasteiger partial charge in [0.15, 0.2) is 0 Å². The van der Waals surface area contributed by atoms with Gasteiger partial charge in [0, 0.05) is 28.4 Å². The fourth-order valence-electron chi connectivity index (χ4n) is 3.53. The number of aromatic nitrogens is 1. The predicted molar refractivity (Wildman–Crippen MR) is 93.8 cm³/mol. The lowest BCUT2D eigenvalue weighted by Gasteiger charge is -2.27. The third kappa shape index (κ3) is 2.70. The Morgan fingerprint density at radius 3 is 2.62 bits per heavy atom. The number of benzene rings is 2. The zero-order chi connectivity index (χ0) is 16.7. The molecule has 1 aliphatic heterocycles. The molecule has 5 heteroatoms. The molecule has 2 heterocycles. The van der Waals surface area contributed by atoms with Crippen molar-refractivity contribution < 1.29 is 8.78 Å². The molecule has 24 heavy (non-hydrogen) atoms. The molecule has 1 fully saturated rings. The molecule has 1 saturated heterocycles. The van der Waals surface area contributed by atoms with Gasteiger partial charge in [0.2, 0.25) is 0 Å². The molecule has 0 bridgehead atoms. The van der Waals surface area contributed by atoms with Crippen molar-refractivity contribution in [3.8, 4) is 11.3 Å². The standard InChI is InChI=1S/C19H17ClF2N2/c20-12-3-6-14-17(9-12)24-19(11-1-4-13(21)5-2-11)18(14)15-10-23-8-7-16(15)22/h1-6,9,15-16,23-24H,7-8,10H2. The molecule has 2 N–H and O–H groups in total. The van der Waals surface area contributed by atoms with Crippen molar-refractivity contribution >= 4 is 22.5 Å². The maximum Gasteiger partial charge on any atom is 0.123 e. The number of hydrogen-bond acceptors (Lipinski definition) is 1. The molecule has 124 valence electrons. The van der Waals surface area contributed by atoms with Crippen molar-refractivity contribution in [2.75, 3.05) is 13.1 Å². The first-order chi connectivity index (χ1) is 11.6. The van der Waals surface area contributed by atoms with Crippen LogP contribution in [0, 0.1) is 5.82 Å². The van der Waals surface area contributed by atoms with Crippen LogP contribution in [0.4, 0.5) is 8.78 Å². The average Bonchev–Trinajstić information content (AvgIpc) is 2.94. The van der Waals surface area contributed by atoms with Gasteiger partial charge in [0.25, 0.3) is 0 Å². The molecule has 4 rings (SSSR count). The summed E-state index contributed by atoms with van der Waals surface area (Å²) in [4.78, 5) is 3.36. The van der Waals surface area contributed by atoms with E-state index in [1.54, 1.807) is 12.1 Å². The van der Waals surface area contributed by atoms with E-state index in [1.807, 2.05) is 18.2 Å². The molecule has 1 aromatic heterocycles. The highest BCUT2D eigenvalue weighted by molar-refractivity contribution is 6.31. The summed E-state index contributed by atoms with van der Waals surface area (Å²) in [6.45, 7) is 1.28. The lowest BCUT2D eigenvalue weighted by Crippen LogP contribution is -2.36. The topological polar surface area (TPSA) is 27.8 Å². The Hall–Kier alpha value is -1.91. The number of piperidine rings is 1. The van der Waals surface area contributed by atoms with Gasteiger partial charge in [-0.3, -0.25) is 0 Å². The van der Waals surface area contributed by atoms with Crippen LogP contribution in [0.25, 0.3) is 22.2 Å². The molecule has 2 nitrogen and oxygen atoms in total. The molecule has 2 aromatic carbocycles. The molecule has 2 unspecified atom stereocenters. The van der Waals surface area contributed by atoms with E-state index in [9.17, 15) is 8.78 Å². The lowest BCUT2D eigenvalue weighted by atomic mass is 9.86. The van der Waals surface area contributed by atoms with Crippen LogP contribution in [0.3, 0.4) is 0 Å². The van der Waals surface area contributed by atoms with Crippen LogP contribution in [-0.4, -0.2) is 24.2 Å². The quantitative estimate of drug-likeness (QED) is 0.668. The summed E-state index contributed by atoms with van der Waals surface area (Å²) in [7, 11) is 0. The van der Waals surface area contributed by atoms with E-state index in [1.165, 1.54) is 12.1 Å². The molecule has 3 aromatic rings. The molecule has 2 atom stereocenters. The number of nitrogens with one attached hydrogen (secondary N) is 2. The van der Waals surface area contributed by atoms with Crippen LogP contribution < -0.4 is 5.32 Å². The highest BCUT2D eigenvalue weighted by Crippen LogP contribution is 2.40. The summed E-state index contributed by atoms with van der Waals surface area (Å²) in [5.41, 5.74) is 3.49. The predicted octanol–water partition coefficient (Wildman–Crippen LogP) is 5.04. The van der Waals surface area contributed by atoms with Crippen molar-refractivity contribution in [2.45, 2.75) is 18.5 Å². The zero-order valence-electron chi connectivity index (χ0n) is 13.0. The van der Waals surface area contributed by atoms with E-state index in [0.29, 0.717) is 24.5 Å². The van der Waals surface area contributed by atoms with Crippen LogP contribution in [0.15, 0.2) is 42.5 Å². The van der Waals surface area contributed by atoms with Crippen LogP contribution in [0.2, 0.25) is 5.02 Å². The highest BCUT2D eigenvalue weighted by atomic mass is 35.5. The van der Waals surface area contributed by atoms with E-state index in [0.717, 1.165) is 27.7 Å². The normalized spacial score (nSPS) is 21.3. The summed E-state index contributed by atoms with van der Waals surface area (Å²) < 4.78 is 27.9. The first-order valence-electron chi connectivity index (χ1n) is 8.05. The Morgan fingerprint density at radius 1 is 1.08 bits per heavy atom. The van der Waals surface area contributed by atoms with Gasteiger partial charge in [-0.15, -0.1) is 0 Å². The molecule has 1 aliphatic rings. The molecular formula is C19H17ClF2N2. The van der Waals surface area contributed by atoms with Crippen molar-refractivity contribution in [1.82, 2.24) is 10.3 Å². The Labute approximate surface area is 143 Å². The Morgan fingerprint density at radius 2 is 1.88 bits per heavy atom. The molecular weight excluding hydrogens is 330 g/mol. The number of halogens is 3. The number of fused-ring (bicyclic) bond motifs is 1. The molecule has 0 radical (unpaired) electrons. The molecule has 0 amide bonds. The van der Waals surface area contributed by atoms with E-state index in [-0.39, 0.29) is 11.7 Å². The van der Waals surface area contributed by atoms with Crippen LogP contribution in [0.1, 0.15) is 17.9 Å². The van der Waals surface area contributed by atoms with E-state index < -0.39 is 6.17 Å². The SMILES string of the molecule is Fc1ccc(-c2[nH]c3cc(Cl)ccc3c2C2CNCCC2F)cc1. The first-order valence-corrected chi connectivity index (χ1v) is 8.43. The maximum absolute atomic E-state index is 14.6. The second-order valence-electron chi connectivity index (χ2n) is 6.23. The van der Waals surface area contributed by atoms with Gasteiger partial charge < -0.3 is 10.3 Å². The highest BCUT2D eigenvalue weighted by Gasteiger charge is 2.31. The third-order valence-electron chi connectivity index (χ3n) is 4.70. The monoisotopic (exact) mass is 346 g/mol. The molecule has 0 saturated carbocycles. The number of aromatic amines is 1. The Kier molecular flexibility index (Phi) is 4.02. The number of H-pyrrole nitrogens is 1. The van der Waals surface area contributed by atoms with Crippen molar-refractivity contribution in [3.63, 3.8) is 0 Å². The lowest BCUT2D eigenvalue weighted by molar-refractivity contribution is 0.229. The van der Waals surface area contributed by atoms with Crippen molar-refractivity contribution in [1.29, 1.82) is 0 Å². The summed E-state index contributed by atoms with van der Waals surface area (Å²) in [6, 6.07) is 11.9. The minimum Gasteiger partial charge on any atom is -0.354 e. The van der Waals surface area contributed by atoms with Gasteiger partial charge >= 0.3 is 0 Å². The minimum atomic E-state index is -0.903. The Balaban J connectivity index is 1.94. The number of hydrogen-bond donors (Lipinski definition) is 2.